The van der Waals surface area contributed by atoms with Crippen LogP contribution < -0.4 is 11.1 Å². The summed E-state index contributed by atoms with van der Waals surface area (Å²) in [6, 6.07) is 3.30. The van der Waals surface area contributed by atoms with Crippen LogP contribution in [0.1, 0.15) is 20.8 Å². The number of hydrogen-bond acceptors (Lipinski definition) is 3. The van der Waals surface area contributed by atoms with Crippen molar-refractivity contribution in [2.24, 2.45) is 5.41 Å². The van der Waals surface area contributed by atoms with Crippen molar-refractivity contribution < 1.29 is 4.79 Å². The van der Waals surface area contributed by atoms with Crippen molar-refractivity contribution in [3.05, 3.63) is 18.3 Å². The number of carbonyl (C=O) groups excluding carboxylic acids is 1. The van der Waals surface area contributed by atoms with Gasteiger partial charge in [0.1, 0.15) is 5.82 Å². The number of nitrogens with zero attached hydrogens (tertiary/aromatic N) is 1. The standard InChI is InChI=1S/C10H15N3O/c1-10(2,3)9(14)13-8-6-7(11)4-5-12-8/h4-6H,1-3H3,(H3,11,12,13,14). The number of amides is 1. The van der Waals surface area contributed by atoms with Gasteiger partial charge in [0, 0.05) is 23.4 Å². The Kier molecular flexibility index (Phi) is 2.74. The first kappa shape index (κ1) is 10.5. The molecule has 1 rings (SSSR count). The van der Waals surface area contributed by atoms with Gasteiger partial charge in [-0.2, -0.15) is 0 Å². The molecular formula is C10H15N3O. The molecule has 76 valence electrons. The number of carbonyl (C=O) groups is 1. The van der Waals surface area contributed by atoms with Crippen LogP contribution >= 0.6 is 0 Å². The van der Waals surface area contributed by atoms with Gasteiger partial charge in [0.2, 0.25) is 5.91 Å². The number of hydrogen-bond donors (Lipinski definition) is 2. The number of pyridine rings is 1. The lowest BCUT2D eigenvalue weighted by Gasteiger charge is -2.17. The van der Waals surface area contributed by atoms with Crippen molar-refractivity contribution in [1.82, 2.24) is 4.98 Å². The van der Waals surface area contributed by atoms with Gasteiger partial charge in [0.25, 0.3) is 0 Å². The normalized spacial score (nSPS) is 11.1. The predicted octanol–water partition coefficient (Wildman–Crippen LogP) is 1.65. The van der Waals surface area contributed by atoms with Crippen LogP contribution in [-0.2, 0) is 4.79 Å². The number of nitrogens with one attached hydrogen (secondary N) is 1. The average molecular weight is 193 g/mol. The summed E-state index contributed by atoms with van der Waals surface area (Å²) in [5, 5.41) is 2.69. The molecule has 0 saturated heterocycles. The first-order valence-corrected chi connectivity index (χ1v) is 4.42. The zero-order valence-electron chi connectivity index (χ0n) is 8.66. The SMILES string of the molecule is CC(C)(C)C(=O)Nc1cc(N)ccn1. The molecule has 0 aliphatic heterocycles. The van der Waals surface area contributed by atoms with E-state index in [0.29, 0.717) is 11.5 Å². The first-order valence-electron chi connectivity index (χ1n) is 4.42. The molecule has 0 bridgehead atoms. The molecule has 0 aromatic carbocycles. The fourth-order valence-electron chi connectivity index (χ4n) is 0.819. The van der Waals surface area contributed by atoms with Crippen LogP contribution in [0, 0.1) is 5.41 Å². The van der Waals surface area contributed by atoms with Crippen molar-refractivity contribution in [2.45, 2.75) is 20.8 Å². The van der Waals surface area contributed by atoms with Gasteiger partial charge in [0.05, 0.1) is 0 Å². The molecule has 1 aromatic rings. The summed E-state index contributed by atoms with van der Waals surface area (Å²) in [7, 11) is 0. The molecule has 0 unspecified atom stereocenters. The maximum Gasteiger partial charge on any atom is 0.230 e. The fraction of sp³-hybridized carbons (Fsp3) is 0.400. The number of anilines is 2. The lowest BCUT2D eigenvalue weighted by molar-refractivity contribution is -0.123. The molecule has 0 saturated carbocycles. The van der Waals surface area contributed by atoms with E-state index in [4.69, 9.17) is 5.73 Å². The predicted molar refractivity (Wildman–Crippen MR) is 56.7 cm³/mol. The zero-order valence-corrected chi connectivity index (χ0v) is 8.66. The lowest BCUT2D eigenvalue weighted by Crippen LogP contribution is -2.28. The van der Waals surface area contributed by atoms with E-state index in [1.165, 1.54) is 0 Å². The summed E-state index contributed by atoms with van der Waals surface area (Å²) in [5.74, 6) is 0.417. The summed E-state index contributed by atoms with van der Waals surface area (Å²) in [5.41, 5.74) is 5.71. The van der Waals surface area contributed by atoms with Crippen molar-refractivity contribution in [1.29, 1.82) is 0 Å². The van der Waals surface area contributed by atoms with Crippen LogP contribution in [0.3, 0.4) is 0 Å². The van der Waals surface area contributed by atoms with Crippen molar-refractivity contribution in [2.75, 3.05) is 11.1 Å². The van der Waals surface area contributed by atoms with Crippen LogP contribution in [0.2, 0.25) is 0 Å². The number of nitrogens with two attached hydrogens (primary N) is 1. The van der Waals surface area contributed by atoms with Gasteiger partial charge in [-0.05, 0) is 6.07 Å². The maximum atomic E-state index is 11.6. The molecule has 4 nitrogen and oxygen atoms in total. The van der Waals surface area contributed by atoms with E-state index in [0.717, 1.165) is 0 Å². The molecule has 0 aliphatic carbocycles. The second-order valence-electron chi connectivity index (χ2n) is 4.18. The molecule has 0 spiro atoms. The molecule has 0 radical (unpaired) electrons. The molecule has 0 fully saturated rings. The van der Waals surface area contributed by atoms with Crippen molar-refractivity contribution in [3.63, 3.8) is 0 Å². The van der Waals surface area contributed by atoms with E-state index in [1.807, 2.05) is 20.8 Å². The van der Waals surface area contributed by atoms with Crippen molar-refractivity contribution in [3.8, 4) is 0 Å². The molecular weight excluding hydrogens is 178 g/mol. The highest BCUT2D eigenvalue weighted by molar-refractivity contribution is 5.93. The molecule has 0 atom stereocenters. The van der Waals surface area contributed by atoms with E-state index in [2.05, 4.69) is 10.3 Å². The quantitative estimate of drug-likeness (QED) is 0.712. The van der Waals surface area contributed by atoms with Crippen LogP contribution in [0.25, 0.3) is 0 Å². The van der Waals surface area contributed by atoms with Gasteiger partial charge in [-0.1, -0.05) is 20.8 Å². The number of rotatable bonds is 1. The summed E-state index contributed by atoms with van der Waals surface area (Å²) in [4.78, 5) is 15.5. The second kappa shape index (κ2) is 3.65. The third-order valence-electron chi connectivity index (χ3n) is 1.71. The summed E-state index contributed by atoms with van der Waals surface area (Å²) >= 11 is 0. The highest BCUT2D eigenvalue weighted by Gasteiger charge is 2.21. The molecule has 4 heteroatoms. The fourth-order valence-corrected chi connectivity index (χ4v) is 0.819. The van der Waals surface area contributed by atoms with Crippen LogP contribution in [0.5, 0.6) is 0 Å². The van der Waals surface area contributed by atoms with Crippen LogP contribution in [0.4, 0.5) is 11.5 Å². The summed E-state index contributed by atoms with van der Waals surface area (Å²) in [6.45, 7) is 5.53. The zero-order chi connectivity index (χ0) is 10.8. The topological polar surface area (TPSA) is 68.0 Å². The number of aromatic nitrogens is 1. The highest BCUT2D eigenvalue weighted by atomic mass is 16.2. The van der Waals surface area contributed by atoms with Gasteiger partial charge in [-0.3, -0.25) is 4.79 Å². The Labute approximate surface area is 83.5 Å². The number of nitrogen functional groups attached to an aromatic ring is 1. The Hall–Kier alpha value is -1.58. The van der Waals surface area contributed by atoms with Crippen molar-refractivity contribution >= 4 is 17.4 Å². The Morgan fingerprint density at radius 3 is 2.64 bits per heavy atom. The van der Waals surface area contributed by atoms with Gasteiger partial charge in [0.15, 0.2) is 0 Å². The van der Waals surface area contributed by atoms with E-state index in [1.54, 1.807) is 18.3 Å². The van der Waals surface area contributed by atoms with Crippen LogP contribution in [0.15, 0.2) is 18.3 Å². The summed E-state index contributed by atoms with van der Waals surface area (Å²) < 4.78 is 0. The third-order valence-corrected chi connectivity index (χ3v) is 1.71. The van der Waals surface area contributed by atoms with Gasteiger partial charge < -0.3 is 11.1 Å². The van der Waals surface area contributed by atoms with E-state index < -0.39 is 5.41 Å². The van der Waals surface area contributed by atoms with Gasteiger partial charge in [-0.25, -0.2) is 4.98 Å². The second-order valence-corrected chi connectivity index (χ2v) is 4.18. The first-order chi connectivity index (χ1) is 6.39. The molecule has 0 aliphatic rings. The molecule has 14 heavy (non-hydrogen) atoms. The minimum Gasteiger partial charge on any atom is -0.399 e. The largest absolute Gasteiger partial charge is 0.399 e. The Morgan fingerprint density at radius 1 is 1.50 bits per heavy atom. The molecule has 1 heterocycles. The molecule has 3 N–H and O–H groups in total. The third kappa shape index (κ3) is 2.73. The smallest absolute Gasteiger partial charge is 0.230 e. The van der Waals surface area contributed by atoms with E-state index >= 15 is 0 Å². The Morgan fingerprint density at radius 2 is 2.14 bits per heavy atom. The maximum absolute atomic E-state index is 11.6. The minimum absolute atomic E-state index is 0.0735. The average Bonchev–Trinajstić information content (AvgIpc) is 2.02. The van der Waals surface area contributed by atoms with Gasteiger partial charge in [-0.15, -0.1) is 0 Å². The van der Waals surface area contributed by atoms with Gasteiger partial charge >= 0.3 is 0 Å². The molecule has 1 amide bonds. The van der Waals surface area contributed by atoms with Crippen LogP contribution in [-0.4, -0.2) is 10.9 Å². The Bertz CT molecular complexity index is 341. The summed E-state index contributed by atoms with van der Waals surface area (Å²) in [6.07, 6.45) is 1.56. The lowest BCUT2D eigenvalue weighted by atomic mass is 9.96. The Balaban J connectivity index is 2.75. The highest BCUT2D eigenvalue weighted by Crippen LogP contribution is 2.16. The molecule has 1 aromatic heterocycles. The van der Waals surface area contributed by atoms with E-state index in [9.17, 15) is 4.79 Å². The minimum atomic E-state index is -0.424. The monoisotopic (exact) mass is 193 g/mol. The van der Waals surface area contributed by atoms with E-state index in [-0.39, 0.29) is 5.91 Å².